The maximum absolute atomic E-state index is 12.8. The largest absolute Gasteiger partial charge is 0.481 e. The first-order valence-electron chi connectivity index (χ1n) is 14.1. The molecule has 0 heterocycles. The number of aliphatic hydroxyl groups excluding tert-OH is 3. The molecule has 0 unspecified atom stereocenters. The molecule has 0 bridgehead atoms. The summed E-state index contributed by atoms with van der Waals surface area (Å²) in [6.07, 6.45) is 7.51. The van der Waals surface area contributed by atoms with Crippen molar-refractivity contribution >= 4 is 5.97 Å². The summed E-state index contributed by atoms with van der Waals surface area (Å²) in [5, 5.41) is 42.9. The Bertz CT molecular complexity index is 930. The molecular weight excluding hydrogens is 440 g/mol. The molecule has 4 saturated carbocycles. The van der Waals surface area contributed by atoms with Gasteiger partial charge in [-0.3, -0.25) is 4.79 Å². The Morgan fingerprint density at radius 2 is 1.69 bits per heavy atom. The van der Waals surface area contributed by atoms with E-state index in [1.807, 2.05) is 6.92 Å². The second kappa shape index (κ2) is 7.80. The van der Waals surface area contributed by atoms with E-state index < -0.39 is 29.0 Å². The van der Waals surface area contributed by atoms with Gasteiger partial charge in [0.2, 0.25) is 0 Å². The lowest BCUT2D eigenvalue weighted by Gasteiger charge is -2.71. The van der Waals surface area contributed by atoms with Crippen LogP contribution >= 0.6 is 0 Å². The third-order valence-electron chi connectivity index (χ3n) is 13.5. The molecule has 0 amide bonds. The quantitative estimate of drug-likeness (QED) is 0.409. The molecule has 0 aromatic carbocycles. The van der Waals surface area contributed by atoms with Gasteiger partial charge in [0.25, 0.3) is 0 Å². The van der Waals surface area contributed by atoms with E-state index in [0.717, 1.165) is 44.9 Å². The minimum absolute atomic E-state index is 0.00815. The van der Waals surface area contributed by atoms with Crippen molar-refractivity contribution in [3.05, 3.63) is 11.6 Å². The summed E-state index contributed by atoms with van der Waals surface area (Å²) in [6, 6.07) is 0. The number of hydrogen-bond acceptors (Lipinski definition) is 4. The van der Waals surface area contributed by atoms with E-state index in [1.54, 1.807) is 0 Å². The van der Waals surface area contributed by atoms with Crippen LogP contribution in [0.4, 0.5) is 0 Å². The van der Waals surface area contributed by atoms with E-state index in [-0.39, 0.29) is 34.7 Å². The molecule has 35 heavy (non-hydrogen) atoms. The first-order chi connectivity index (χ1) is 16.2. The summed E-state index contributed by atoms with van der Waals surface area (Å²) in [6.45, 7) is 13.6. The summed E-state index contributed by atoms with van der Waals surface area (Å²) in [4.78, 5) is 12.8. The normalized spacial score (nSPS) is 57.7. The number of carbonyl (C=O) groups is 1. The molecule has 4 fully saturated rings. The first-order valence-corrected chi connectivity index (χ1v) is 14.1. The molecule has 0 saturated heterocycles. The minimum Gasteiger partial charge on any atom is -0.481 e. The van der Waals surface area contributed by atoms with Crippen molar-refractivity contribution in [1.29, 1.82) is 0 Å². The van der Waals surface area contributed by atoms with Crippen LogP contribution in [0.5, 0.6) is 0 Å². The van der Waals surface area contributed by atoms with Gasteiger partial charge in [-0.2, -0.15) is 0 Å². The smallest absolute Gasteiger partial charge is 0.310 e. The highest BCUT2D eigenvalue weighted by Crippen LogP contribution is 2.75. The van der Waals surface area contributed by atoms with Crippen LogP contribution < -0.4 is 0 Å². The van der Waals surface area contributed by atoms with Crippen LogP contribution in [0.2, 0.25) is 0 Å². The third-order valence-corrected chi connectivity index (χ3v) is 13.5. The molecular formula is C30H48O5. The average Bonchev–Trinajstić information content (AvgIpc) is 2.80. The van der Waals surface area contributed by atoms with E-state index in [0.29, 0.717) is 24.2 Å². The summed E-state index contributed by atoms with van der Waals surface area (Å²) < 4.78 is 0. The Kier molecular flexibility index (Phi) is 5.73. The maximum atomic E-state index is 12.8. The topological polar surface area (TPSA) is 98.0 Å². The summed E-state index contributed by atoms with van der Waals surface area (Å²) in [5.41, 5.74) is -0.214. The van der Waals surface area contributed by atoms with Crippen LogP contribution in [0, 0.1) is 56.7 Å². The molecule has 0 aromatic heterocycles. The summed E-state index contributed by atoms with van der Waals surface area (Å²) in [5.74, 6) is 0.828. The summed E-state index contributed by atoms with van der Waals surface area (Å²) >= 11 is 0. The highest BCUT2D eigenvalue weighted by Gasteiger charge is 2.70. The van der Waals surface area contributed by atoms with Crippen molar-refractivity contribution < 1.29 is 25.2 Å². The van der Waals surface area contributed by atoms with Gasteiger partial charge in [0, 0.05) is 5.41 Å². The molecule has 5 nitrogen and oxygen atoms in total. The van der Waals surface area contributed by atoms with Crippen LogP contribution in [-0.4, -0.2) is 45.2 Å². The number of aliphatic hydroxyl groups is 3. The maximum Gasteiger partial charge on any atom is 0.310 e. The Balaban J connectivity index is 1.62. The number of allylic oxidation sites excluding steroid dienone is 2. The van der Waals surface area contributed by atoms with Crippen molar-refractivity contribution in [3.8, 4) is 0 Å². The van der Waals surface area contributed by atoms with Crippen LogP contribution in [0.3, 0.4) is 0 Å². The van der Waals surface area contributed by atoms with Gasteiger partial charge in [-0.1, -0.05) is 53.2 Å². The van der Waals surface area contributed by atoms with E-state index in [2.05, 4.69) is 40.7 Å². The van der Waals surface area contributed by atoms with Gasteiger partial charge in [0.05, 0.1) is 24.2 Å². The van der Waals surface area contributed by atoms with E-state index in [4.69, 9.17) is 0 Å². The van der Waals surface area contributed by atoms with Crippen LogP contribution in [0.25, 0.3) is 0 Å². The second-order valence-corrected chi connectivity index (χ2v) is 14.5. The fourth-order valence-corrected chi connectivity index (χ4v) is 11.0. The monoisotopic (exact) mass is 488 g/mol. The predicted molar refractivity (Wildman–Crippen MR) is 135 cm³/mol. The van der Waals surface area contributed by atoms with Gasteiger partial charge in [-0.25, -0.2) is 0 Å². The second-order valence-electron chi connectivity index (χ2n) is 14.5. The van der Waals surface area contributed by atoms with Crippen molar-refractivity contribution in [2.45, 2.75) is 105 Å². The van der Waals surface area contributed by atoms with Gasteiger partial charge in [0.1, 0.15) is 0 Å². The van der Waals surface area contributed by atoms with Gasteiger partial charge < -0.3 is 20.4 Å². The molecule has 5 aliphatic carbocycles. The fourth-order valence-electron chi connectivity index (χ4n) is 11.0. The lowest BCUT2D eigenvalue weighted by atomic mass is 9.33. The predicted octanol–water partition coefficient (Wildman–Crippen LogP) is 5.03. The first kappa shape index (κ1) is 25.7. The Morgan fingerprint density at radius 1 is 1.00 bits per heavy atom. The van der Waals surface area contributed by atoms with Crippen LogP contribution in [0.1, 0.15) is 92.9 Å². The molecule has 198 valence electrons. The fraction of sp³-hybridized carbons (Fsp3) is 0.900. The standard InChI is InChI=1S/C30H48O5/c1-17-9-12-30(25(34)35)14-13-28(5)19(23(30)18(17)2)7-8-22-26(3)15-20(32)24(33)27(4,16-31)21(26)10-11-29(22,28)6/h7,17-18,20-24,31-33H,8-16H2,1-6H3,(H,34,35)/t17-,18-,20+,21+,22-,23+,24+,26-,27+,28+,29+,30-/m1/s1. The SMILES string of the molecule is C[C@@H]1[C@H](C)CC[C@@]2(C(=O)O)CC[C@@]3(C)C(=CC[C@@H]4[C@]5(C)C[C@H](O)[C@H](O)[C@@](C)(CO)[C@H]5CC[C@@]43C)[C@H]12. The van der Waals surface area contributed by atoms with Gasteiger partial charge >= 0.3 is 5.97 Å². The zero-order valence-electron chi connectivity index (χ0n) is 22.7. The zero-order valence-corrected chi connectivity index (χ0v) is 22.7. The molecule has 0 aromatic rings. The highest BCUT2D eigenvalue weighted by atomic mass is 16.4. The number of rotatable bonds is 2. The number of carboxylic acid groups (broad SMARTS) is 1. The van der Waals surface area contributed by atoms with Crippen LogP contribution in [-0.2, 0) is 4.79 Å². The number of carboxylic acids is 1. The molecule has 5 heteroatoms. The Morgan fingerprint density at radius 3 is 2.31 bits per heavy atom. The van der Waals surface area contributed by atoms with Gasteiger partial charge in [-0.15, -0.1) is 0 Å². The van der Waals surface area contributed by atoms with Crippen molar-refractivity contribution in [1.82, 2.24) is 0 Å². The number of aliphatic carboxylic acids is 1. The summed E-state index contributed by atoms with van der Waals surface area (Å²) in [7, 11) is 0. The Hall–Kier alpha value is -0.910. The minimum atomic E-state index is -0.907. The zero-order chi connectivity index (χ0) is 25.8. The van der Waals surface area contributed by atoms with Gasteiger partial charge in [-0.05, 0) is 97.2 Å². The molecule has 0 aliphatic heterocycles. The highest BCUT2D eigenvalue weighted by molar-refractivity contribution is 5.76. The van der Waals surface area contributed by atoms with Crippen molar-refractivity contribution in [2.75, 3.05) is 6.61 Å². The lowest BCUT2D eigenvalue weighted by Crippen LogP contribution is -2.68. The number of hydrogen-bond donors (Lipinski definition) is 4. The molecule has 4 N–H and O–H groups in total. The van der Waals surface area contributed by atoms with Crippen molar-refractivity contribution in [2.24, 2.45) is 56.7 Å². The Labute approximate surface area is 211 Å². The van der Waals surface area contributed by atoms with E-state index in [1.165, 1.54) is 5.57 Å². The van der Waals surface area contributed by atoms with E-state index in [9.17, 15) is 25.2 Å². The molecule has 5 aliphatic rings. The van der Waals surface area contributed by atoms with Crippen molar-refractivity contribution in [3.63, 3.8) is 0 Å². The lowest BCUT2D eigenvalue weighted by molar-refractivity contribution is -0.244. The third kappa shape index (κ3) is 2.95. The molecule has 0 spiro atoms. The number of fused-ring (bicyclic) bond motifs is 7. The molecule has 0 radical (unpaired) electrons. The average molecular weight is 489 g/mol. The molecule has 5 rings (SSSR count). The van der Waals surface area contributed by atoms with Gasteiger partial charge in [0.15, 0.2) is 0 Å². The van der Waals surface area contributed by atoms with Crippen LogP contribution in [0.15, 0.2) is 11.6 Å². The molecule has 12 atom stereocenters. The van der Waals surface area contributed by atoms with E-state index >= 15 is 0 Å².